The van der Waals surface area contributed by atoms with Crippen LogP contribution in [-0.2, 0) is 9.59 Å². The first kappa shape index (κ1) is 18.9. The molecule has 4 heteroatoms. The van der Waals surface area contributed by atoms with Gasteiger partial charge in [0.25, 0.3) is 0 Å². The summed E-state index contributed by atoms with van der Waals surface area (Å²) in [6.45, 7) is 9.84. The van der Waals surface area contributed by atoms with Crippen molar-refractivity contribution in [3.8, 4) is 0 Å². The standard InChI is InChI=1S/C20H30O4/c1-13-6-7-17-19(3,9-5-10-20(17,4)18(23)24)15(13)12-16(22)14(2)8-11-21/h8,15,17,21H,1,5-7,9-12H2,2-4H3,(H,23,24). The van der Waals surface area contributed by atoms with E-state index >= 15 is 0 Å². The molecule has 4 atom stereocenters. The molecule has 2 saturated carbocycles. The molecule has 0 aliphatic heterocycles. The van der Waals surface area contributed by atoms with Crippen LogP contribution in [0.4, 0.5) is 0 Å². The fourth-order valence-corrected chi connectivity index (χ4v) is 5.18. The molecule has 0 saturated heterocycles. The Balaban J connectivity index is 2.34. The highest BCUT2D eigenvalue weighted by Crippen LogP contribution is 2.61. The third-order valence-corrected chi connectivity index (χ3v) is 6.74. The lowest BCUT2D eigenvalue weighted by molar-refractivity contribution is -0.164. The second kappa shape index (κ2) is 6.83. The van der Waals surface area contributed by atoms with E-state index in [1.165, 1.54) is 6.08 Å². The molecule has 0 aromatic heterocycles. The number of fused-ring (bicyclic) bond motifs is 1. The van der Waals surface area contributed by atoms with Gasteiger partial charge in [-0.25, -0.2) is 0 Å². The number of allylic oxidation sites excluding steroid dienone is 2. The number of ketones is 1. The first-order valence-corrected chi connectivity index (χ1v) is 8.88. The number of hydrogen-bond acceptors (Lipinski definition) is 3. The molecule has 4 nitrogen and oxygen atoms in total. The molecule has 134 valence electrons. The van der Waals surface area contributed by atoms with Gasteiger partial charge >= 0.3 is 5.97 Å². The molecule has 2 rings (SSSR count). The second-order valence-corrected chi connectivity index (χ2v) is 8.08. The number of aliphatic hydroxyl groups excluding tert-OH is 1. The van der Waals surface area contributed by atoms with Gasteiger partial charge in [0.05, 0.1) is 12.0 Å². The van der Waals surface area contributed by atoms with Crippen molar-refractivity contribution < 1.29 is 19.8 Å². The highest BCUT2D eigenvalue weighted by atomic mass is 16.4. The van der Waals surface area contributed by atoms with Crippen molar-refractivity contribution in [3.05, 3.63) is 23.8 Å². The molecule has 0 bridgehead atoms. The normalized spacial score (nSPS) is 37.0. The molecule has 0 spiro atoms. The van der Waals surface area contributed by atoms with Gasteiger partial charge in [0, 0.05) is 6.42 Å². The Labute approximate surface area is 144 Å². The molecule has 2 aliphatic rings. The van der Waals surface area contributed by atoms with Crippen LogP contribution in [0.25, 0.3) is 0 Å². The van der Waals surface area contributed by atoms with E-state index in [0.29, 0.717) is 18.4 Å². The van der Waals surface area contributed by atoms with Gasteiger partial charge in [-0.1, -0.05) is 31.6 Å². The maximum absolute atomic E-state index is 12.5. The van der Waals surface area contributed by atoms with Crippen LogP contribution in [-0.4, -0.2) is 28.6 Å². The molecule has 4 unspecified atom stereocenters. The lowest BCUT2D eigenvalue weighted by atomic mass is 9.46. The Bertz CT molecular complexity index is 576. The third-order valence-electron chi connectivity index (χ3n) is 6.74. The highest BCUT2D eigenvalue weighted by Gasteiger charge is 2.57. The van der Waals surface area contributed by atoms with Crippen molar-refractivity contribution in [2.75, 3.05) is 6.61 Å². The van der Waals surface area contributed by atoms with Gasteiger partial charge in [0.2, 0.25) is 0 Å². The van der Waals surface area contributed by atoms with Gasteiger partial charge in [-0.05, 0) is 62.4 Å². The van der Waals surface area contributed by atoms with Crippen LogP contribution in [0.2, 0.25) is 0 Å². The minimum Gasteiger partial charge on any atom is -0.481 e. The van der Waals surface area contributed by atoms with Crippen molar-refractivity contribution in [1.82, 2.24) is 0 Å². The first-order valence-electron chi connectivity index (χ1n) is 8.88. The van der Waals surface area contributed by atoms with Crippen LogP contribution < -0.4 is 0 Å². The van der Waals surface area contributed by atoms with Crippen LogP contribution in [0.1, 0.15) is 59.3 Å². The number of carboxylic acids is 1. The number of Topliss-reactive ketones (excluding diaryl/α,β-unsaturated/α-hetero) is 1. The van der Waals surface area contributed by atoms with Crippen LogP contribution >= 0.6 is 0 Å². The van der Waals surface area contributed by atoms with E-state index in [2.05, 4.69) is 13.5 Å². The Kier molecular flexibility index (Phi) is 5.38. The number of carbonyl (C=O) groups excluding carboxylic acids is 1. The second-order valence-electron chi connectivity index (χ2n) is 8.08. The molecule has 2 aliphatic carbocycles. The monoisotopic (exact) mass is 334 g/mol. The fraction of sp³-hybridized carbons (Fsp3) is 0.700. The molecular weight excluding hydrogens is 304 g/mol. The lowest BCUT2D eigenvalue weighted by Crippen LogP contribution is -2.53. The van der Waals surface area contributed by atoms with Crippen LogP contribution in [0, 0.1) is 22.7 Å². The zero-order valence-electron chi connectivity index (χ0n) is 15.1. The van der Waals surface area contributed by atoms with E-state index in [-0.39, 0.29) is 29.6 Å². The van der Waals surface area contributed by atoms with Gasteiger partial charge in [-0.2, -0.15) is 0 Å². The maximum Gasteiger partial charge on any atom is 0.309 e. The predicted molar refractivity (Wildman–Crippen MR) is 93.5 cm³/mol. The van der Waals surface area contributed by atoms with Crippen molar-refractivity contribution in [3.63, 3.8) is 0 Å². The molecule has 0 aromatic rings. The fourth-order valence-electron chi connectivity index (χ4n) is 5.18. The summed E-state index contributed by atoms with van der Waals surface area (Å²) in [7, 11) is 0. The van der Waals surface area contributed by atoms with E-state index in [1.54, 1.807) is 6.92 Å². The van der Waals surface area contributed by atoms with E-state index in [1.807, 2.05) is 6.92 Å². The molecule has 0 heterocycles. The smallest absolute Gasteiger partial charge is 0.309 e. The van der Waals surface area contributed by atoms with Gasteiger partial charge in [-0.3, -0.25) is 9.59 Å². The third kappa shape index (κ3) is 3.08. The summed E-state index contributed by atoms with van der Waals surface area (Å²) in [6.07, 6.45) is 6.07. The number of aliphatic carboxylic acids is 1. The summed E-state index contributed by atoms with van der Waals surface area (Å²) >= 11 is 0. The average Bonchev–Trinajstić information content (AvgIpc) is 2.50. The molecule has 0 amide bonds. The summed E-state index contributed by atoms with van der Waals surface area (Å²) in [4.78, 5) is 24.5. The number of aliphatic hydroxyl groups is 1. The topological polar surface area (TPSA) is 74.6 Å². The SMILES string of the molecule is C=C1CCC2C(C)(C(=O)O)CCCC2(C)C1CC(=O)C(C)=CCO. The molecule has 2 fully saturated rings. The summed E-state index contributed by atoms with van der Waals surface area (Å²) in [5.74, 6) is -0.599. The van der Waals surface area contributed by atoms with Crippen molar-refractivity contribution in [1.29, 1.82) is 0 Å². The van der Waals surface area contributed by atoms with E-state index < -0.39 is 11.4 Å². The zero-order chi connectivity index (χ0) is 18.1. The Morgan fingerprint density at radius 3 is 2.58 bits per heavy atom. The highest BCUT2D eigenvalue weighted by molar-refractivity contribution is 5.95. The zero-order valence-corrected chi connectivity index (χ0v) is 15.1. The summed E-state index contributed by atoms with van der Waals surface area (Å²) in [6, 6.07) is 0. The lowest BCUT2D eigenvalue weighted by Gasteiger charge is -2.57. The summed E-state index contributed by atoms with van der Waals surface area (Å²) < 4.78 is 0. The Morgan fingerprint density at radius 2 is 2.00 bits per heavy atom. The number of carbonyl (C=O) groups is 2. The van der Waals surface area contributed by atoms with Gasteiger partial charge < -0.3 is 10.2 Å². The largest absolute Gasteiger partial charge is 0.481 e. The van der Waals surface area contributed by atoms with Gasteiger partial charge in [0.15, 0.2) is 5.78 Å². The van der Waals surface area contributed by atoms with Crippen LogP contribution in [0.5, 0.6) is 0 Å². The number of carboxylic acid groups (broad SMARTS) is 1. The molecule has 2 N–H and O–H groups in total. The first-order chi connectivity index (χ1) is 11.2. The molecule has 24 heavy (non-hydrogen) atoms. The molecule has 0 aromatic carbocycles. The van der Waals surface area contributed by atoms with E-state index in [4.69, 9.17) is 5.11 Å². The average molecular weight is 334 g/mol. The number of rotatable bonds is 5. The Morgan fingerprint density at radius 1 is 1.33 bits per heavy atom. The molecule has 0 radical (unpaired) electrons. The molecular formula is C20H30O4. The minimum atomic E-state index is -0.717. The van der Waals surface area contributed by atoms with E-state index in [9.17, 15) is 14.7 Å². The van der Waals surface area contributed by atoms with Gasteiger partial charge in [-0.15, -0.1) is 0 Å². The predicted octanol–water partition coefficient (Wildman–Crippen LogP) is 3.75. The summed E-state index contributed by atoms with van der Waals surface area (Å²) in [5.41, 5.74) is 0.738. The van der Waals surface area contributed by atoms with Crippen molar-refractivity contribution in [2.24, 2.45) is 22.7 Å². The Hall–Kier alpha value is -1.42. The van der Waals surface area contributed by atoms with Crippen molar-refractivity contribution in [2.45, 2.75) is 59.3 Å². The number of hydrogen-bond donors (Lipinski definition) is 2. The van der Waals surface area contributed by atoms with Gasteiger partial charge in [0.1, 0.15) is 0 Å². The maximum atomic E-state index is 12.5. The van der Waals surface area contributed by atoms with Crippen LogP contribution in [0.15, 0.2) is 23.8 Å². The quantitative estimate of drug-likeness (QED) is 0.593. The van der Waals surface area contributed by atoms with Crippen molar-refractivity contribution >= 4 is 11.8 Å². The van der Waals surface area contributed by atoms with E-state index in [0.717, 1.165) is 31.3 Å². The minimum absolute atomic E-state index is 0.0183. The summed E-state index contributed by atoms with van der Waals surface area (Å²) in [5, 5.41) is 18.8. The van der Waals surface area contributed by atoms with Crippen LogP contribution in [0.3, 0.4) is 0 Å².